The smallest absolute Gasteiger partial charge is 0.115 e. The second-order valence-corrected chi connectivity index (χ2v) is 7.01. The third-order valence-corrected chi connectivity index (χ3v) is 6.08. The van der Waals surface area contributed by atoms with Crippen molar-refractivity contribution in [3.63, 3.8) is 0 Å². The number of aliphatic hydroxyl groups is 1. The second kappa shape index (κ2) is 3.88. The summed E-state index contributed by atoms with van der Waals surface area (Å²) in [6.07, 6.45) is 18.5. The number of rotatable bonds is 0. The van der Waals surface area contributed by atoms with E-state index < -0.39 is 0 Å². The van der Waals surface area contributed by atoms with Crippen LogP contribution in [0, 0.1) is 29.1 Å². The number of aliphatic hydroxyl groups excluding tert-OH is 1. The molecule has 1 N–H and O–H groups in total. The van der Waals surface area contributed by atoms with Gasteiger partial charge in [-0.05, 0) is 66.6 Å². The van der Waals surface area contributed by atoms with Crippen LogP contribution in [0.1, 0.15) is 32.6 Å². The molecule has 0 aromatic heterocycles. The van der Waals surface area contributed by atoms with Gasteiger partial charge in [0.2, 0.25) is 0 Å². The lowest BCUT2D eigenvalue weighted by atomic mass is 9.54. The molecule has 1 nitrogen and oxygen atoms in total. The molecule has 0 aliphatic heterocycles. The summed E-state index contributed by atoms with van der Waals surface area (Å²) in [6, 6.07) is 0. The zero-order valence-corrected chi connectivity index (χ0v) is 11.5. The molecule has 0 aromatic rings. The van der Waals surface area contributed by atoms with E-state index >= 15 is 0 Å². The summed E-state index contributed by atoms with van der Waals surface area (Å²) < 4.78 is 0. The molecule has 19 heavy (non-hydrogen) atoms. The van der Waals surface area contributed by atoms with E-state index in [9.17, 15) is 5.11 Å². The molecule has 1 heteroatoms. The van der Waals surface area contributed by atoms with Gasteiger partial charge in [0.25, 0.3) is 0 Å². The molecule has 0 unspecified atom stereocenters. The van der Waals surface area contributed by atoms with Gasteiger partial charge in [-0.2, -0.15) is 0 Å². The molecule has 1 saturated carbocycles. The molecular formula is C18H22O. The van der Waals surface area contributed by atoms with Crippen molar-refractivity contribution in [2.75, 3.05) is 0 Å². The Balaban J connectivity index is 1.69. The number of hydrogen-bond acceptors (Lipinski definition) is 1. The van der Waals surface area contributed by atoms with Crippen molar-refractivity contribution in [2.45, 2.75) is 32.6 Å². The van der Waals surface area contributed by atoms with Crippen molar-refractivity contribution >= 4 is 0 Å². The first-order valence-electron chi connectivity index (χ1n) is 7.64. The quantitative estimate of drug-likeness (QED) is 0.629. The van der Waals surface area contributed by atoms with Crippen molar-refractivity contribution in [1.82, 2.24) is 0 Å². The van der Waals surface area contributed by atoms with Crippen molar-refractivity contribution in [3.8, 4) is 0 Å². The molecule has 4 aliphatic carbocycles. The maximum absolute atomic E-state index is 9.66. The van der Waals surface area contributed by atoms with Crippen LogP contribution in [0.3, 0.4) is 0 Å². The standard InChI is InChI=1S/C18H22O/c1-18-9-2-3-17(18)16-6-4-12-11-13(19)5-7-14(12)15(16)8-10-18/h2,4-5,7,9,11,14-17,19H,3,6,8,10H2,1H3/t14-,15+,16+,17-,18-/m0/s1. The Kier molecular flexibility index (Phi) is 2.36. The highest BCUT2D eigenvalue weighted by Crippen LogP contribution is 2.58. The molecular weight excluding hydrogens is 232 g/mol. The topological polar surface area (TPSA) is 20.2 Å². The van der Waals surface area contributed by atoms with Crippen LogP contribution in [0.4, 0.5) is 0 Å². The summed E-state index contributed by atoms with van der Waals surface area (Å²) in [4.78, 5) is 0. The van der Waals surface area contributed by atoms with Gasteiger partial charge in [0.05, 0.1) is 0 Å². The molecule has 4 rings (SSSR count). The largest absolute Gasteiger partial charge is 0.508 e. The summed E-state index contributed by atoms with van der Waals surface area (Å²) in [6.45, 7) is 2.46. The molecule has 0 saturated heterocycles. The minimum Gasteiger partial charge on any atom is -0.508 e. The van der Waals surface area contributed by atoms with Crippen LogP contribution in [-0.2, 0) is 0 Å². The van der Waals surface area contributed by atoms with Gasteiger partial charge < -0.3 is 5.11 Å². The van der Waals surface area contributed by atoms with E-state index in [1.165, 1.54) is 31.3 Å². The lowest BCUT2D eigenvalue weighted by Crippen LogP contribution is -2.42. The van der Waals surface area contributed by atoms with Gasteiger partial charge in [0, 0.05) is 5.92 Å². The van der Waals surface area contributed by atoms with Crippen LogP contribution < -0.4 is 0 Å². The van der Waals surface area contributed by atoms with E-state index in [2.05, 4.69) is 31.2 Å². The Hall–Kier alpha value is -1.24. The van der Waals surface area contributed by atoms with Gasteiger partial charge >= 0.3 is 0 Å². The molecule has 100 valence electrons. The van der Waals surface area contributed by atoms with Crippen molar-refractivity contribution in [3.05, 3.63) is 47.8 Å². The van der Waals surface area contributed by atoms with Crippen LogP contribution in [0.25, 0.3) is 0 Å². The van der Waals surface area contributed by atoms with Crippen molar-refractivity contribution in [2.24, 2.45) is 29.1 Å². The highest BCUT2D eigenvalue weighted by atomic mass is 16.3. The van der Waals surface area contributed by atoms with Crippen LogP contribution in [0.15, 0.2) is 47.8 Å². The van der Waals surface area contributed by atoms with E-state index in [4.69, 9.17) is 0 Å². The van der Waals surface area contributed by atoms with E-state index in [0.29, 0.717) is 17.1 Å². The normalized spacial score (nSPS) is 47.0. The molecule has 0 aromatic carbocycles. The number of fused-ring (bicyclic) bond motifs is 5. The monoisotopic (exact) mass is 254 g/mol. The fourth-order valence-corrected chi connectivity index (χ4v) is 5.07. The Morgan fingerprint density at radius 1 is 1.26 bits per heavy atom. The first kappa shape index (κ1) is 11.6. The predicted molar refractivity (Wildman–Crippen MR) is 77.6 cm³/mol. The van der Waals surface area contributed by atoms with Gasteiger partial charge in [-0.15, -0.1) is 0 Å². The average molecular weight is 254 g/mol. The third-order valence-electron chi connectivity index (χ3n) is 6.08. The predicted octanol–water partition coefficient (Wildman–Crippen LogP) is 4.55. The molecule has 5 atom stereocenters. The average Bonchev–Trinajstić information content (AvgIpc) is 2.79. The van der Waals surface area contributed by atoms with E-state index in [0.717, 1.165) is 17.8 Å². The van der Waals surface area contributed by atoms with Crippen LogP contribution >= 0.6 is 0 Å². The van der Waals surface area contributed by atoms with Gasteiger partial charge in [-0.25, -0.2) is 0 Å². The van der Waals surface area contributed by atoms with Gasteiger partial charge in [-0.1, -0.05) is 31.2 Å². The molecule has 4 aliphatic rings. The second-order valence-electron chi connectivity index (χ2n) is 7.01. The summed E-state index contributed by atoms with van der Waals surface area (Å²) in [5.74, 6) is 3.44. The van der Waals surface area contributed by atoms with Crippen molar-refractivity contribution in [1.29, 1.82) is 0 Å². The summed E-state index contributed by atoms with van der Waals surface area (Å²) in [5.41, 5.74) is 1.82. The molecule has 0 heterocycles. The Bertz CT molecular complexity index is 522. The lowest BCUT2D eigenvalue weighted by molar-refractivity contribution is 0.0429. The zero-order valence-electron chi connectivity index (χ0n) is 11.5. The van der Waals surface area contributed by atoms with Gasteiger partial charge in [0.15, 0.2) is 0 Å². The first-order chi connectivity index (χ1) is 9.17. The maximum atomic E-state index is 9.66. The summed E-state index contributed by atoms with van der Waals surface area (Å²) in [7, 11) is 0. The van der Waals surface area contributed by atoms with E-state index in [-0.39, 0.29) is 0 Å². The van der Waals surface area contributed by atoms with Crippen LogP contribution in [0.2, 0.25) is 0 Å². The number of hydrogen-bond donors (Lipinski definition) is 1. The minimum absolute atomic E-state index is 0.420. The molecule has 0 bridgehead atoms. The van der Waals surface area contributed by atoms with Gasteiger partial charge in [-0.3, -0.25) is 0 Å². The van der Waals surface area contributed by atoms with Crippen LogP contribution in [-0.4, -0.2) is 5.11 Å². The number of allylic oxidation sites excluding steroid dienone is 7. The Labute approximate surface area is 115 Å². The fraction of sp³-hybridized carbons (Fsp3) is 0.556. The molecule has 0 spiro atoms. The Morgan fingerprint density at radius 2 is 2.16 bits per heavy atom. The highest BCUT2D eigenvalue weighted by Gasteiger charge is 2.49. The lowest BCUT2D eigenvalue weighted by Gasteiger charge is -2.50. The zero-order chi connectivity index (χ0) is 13.0. The first-order valence-corrected chi connectivity index (χ1v) is 7.64. The molecule has 1 fully saturated rings. The minimum atomic E-state index is 0.420. The SMILES string of the molecule is C[C@@]12C=CC[C@H]1[C@@H]1CC=C3C=C(O)C=C[C@@H]3[C@H]1CC2. The molecule has 0 amide bonds. The van der Waals surface area contributed by atoms with E-state index in [1.54, 1.807) is 0 Å². The fourth-order valence-electron chi connectivity index (χ4n) is 5.07. The summed E-state index contributed by atoms with van der Waals surface area (Å²) in [5, 5.41) is 9.66. The molecule has 0 radical (unpaired) electrons. The Morgan fingerprint density at radius 3 is 3.05 bits per heavy atom. The van der Waals surface area contributed by atoms with Gasteiger partial charge in [0.1, 0.15) is 5.76 Å². The van der Waals surface area contributed by atoms with E-state index in [1.807, 2.05) is 12.2 Å². The van der Waals surface area contributed by atoms with Crippen molar-refractivity contribution < 1.29 is 5.11 Å². The van der Waals surface area contributed by atoms with Crippen LogP contribution in [0.5, 0.6) is 0 Å². The highest BCUT2D eigenvalue weighted by molar-refractivity contribution is 5.39. The maximum Gasteiger partial charge on any atom is 0.115 e. The third kappa shape index (κ3) is 1.60. The summed E-state index contributed by atoms with van der Waals surface area (Å²) >= 11 is 0.